The van der Waals surface area contributed by atoms with E-state index in [2.05, 4.69) is 20.4 Å². The van der Waals surface area contributed by atoms with Gasteiger partial charge in [0.1, 0.15) is 23.7 Å². The minimum Gasteiger partial charge on any atom is -0.549 e. The normalized spacial score (nSPS) is 22.5. The number of anilines is 2. The topological polar surface area (TPSA) is 230 Å². The highest BCUT2D eigenvalue weighted by Crippen LogP contribution is 2.43. The second-order valence-corrected chi connectivity index (χ2v) is 11.5. The van der Waals surface area contributed by atoms with Crippen LogP contribution in [0.2, 0.25) is 0 Å². The lowest BCUT2D eigenvalue weighted by molar-refractivity contribution is -0.726. The molecule has 2 fully saturated rings. The Morgan fingerprint density at radius 3 is 2.82 bits per heavy atom. The van der Waals surface area contributed by atoms with E-state index in [1.807, 2.05) is 0 Å². The third kappa shape index (κ3) is 6.01. The molecule has 3 atom stereocenters. The number of carbonyl (C=O) groups is 4. The number of nitrogen functional groups attached to an aromatic ring is 2. The van der Waals surface area contributed by atoms with E-state index in [1.54, 1.807) is 6.92 Å². The monoisotopic (exact) mass is 596 g/mol. The number of β-lactam (4-membered cyclic amide) rings is 1. The summed E-state index contributed by atoms with van der Waals surface area (Å²) >= 11 is 3.32. The van der Waals surface area contributed by atoms with Gasteiger partial charge in [0.25, 0.3) is 5.91 Å². The van der Waals surface area contributed by atoms with Crippen LogP contribution in [-0.2, 0) is 30.6 Å². The average molecular weight is 597 g/mol. The van der Waals surface area contributed by atoms with Crippen molar-refractivity contribution in [1.29, 1.82) is 0 Å². The van der Waals surface area contributed by atoms with E-state index in [0.717, 1.165) is 23.1 Å². The number of hydrogen-bond acceptors (Lipinski definition) is 14. The van der Waals surface area contributed by atoms with Crippen molar-refractivity contribution in [1.82, 2.24) is 20.2 Å². The lowest BCUT2D eigenvalue weighted by atomic mass is 9.89. The van der Waals surface area contributed by atoms with Crippen LogP contribution in [0.1, 0.15) is 12.6 Å². The average Bonchev–Trinajstić information content (AvgIpc) is 3.32. The summed E-state index contributed by atoms with van der Waals surface area (Å²) < 4.78 is 1.34. The van der Waals surface area contributed by atoms with E-state index >= 15 is 0 Å². The number of carbonyl (C=O) groups excluding carboxylic acids is 3. The largest absolute Gasteiger partial charge is 0.549 e. The summed E-state index contributed by atoms with van der Waals surface area (Å²) in [4.78, 5) is 64.0. The van der Waals surface area contributed by atoms with E-state index in [9.17, 15) is 24.3 Å². The maximum absolute atomic E-state index is 13.0. The Kier molecular flexibility index (Phi) is 8.45. The summed E-state index contributed by atoms with van der Waals surface area (Å²) in [7, 11) is 0. The van der Waals surface area contributed by atoms with Gasteiger partial charge in [-0.3, -0.25) is 9.59 Å². The predicted molar refractivity (Wildman–Crippen MR) is 139 cm³/mol. The number of thiazole rings is 1. The number of fused-ring (bicyclic) bond motifs is 1. The van der Waals surface area contributed by atoms with Gasteiger partial charge in [-0.1, -0.05) is 5.16 Å². The quantitative estimate of drug-likeness (QED) is 0.0537. The minimum atomic E-state index is -1.45. The van der Waals surface area contributed by atoms with E-state index < -0.39 is 47.1 Å². The van der Waals surface area contributed by atoms with Gasteiger partial charge < -0.3 is 41.5 Å². The summed E-state index contributed by atoms with van der Waals surface area (Å²) in [5.41, 5.74) is 10.0. The van der Waals surface area contributed by atoms with Crippen LogP contribution >= 0.6 is 34.9 Å². The fraction of sp³-hybridized carbons (Fsp3) is 0.429. The molecule has 0 aliphatic carbocycles. The van der Waals surface area contributed by atoms with Crippen LogP contribution in [0.15, 0.2) is 28.0 Å². The lowest BCUT2D eigenvalue weighted by Gasteiger charge is -2.55. The molecule has 2 aliphatic rings. The van der Waals surface area contributed by atoms with Gasteiger partial charge >= 0.3 is 11.1 Å². The number of aliphatic carboxylic acids is 2. The Labute approximate surface area is 234 Å². The highest BCUT2D eigenvalue weighted by atomic mass is 32.2. The third-order valence-electron chi connectivity index (χ3n) is 5.81. The number of oxime groups is 1. The molecule has 0 aromatic carbocycles. The zero-order valence-corrected chi connectivity index (χ0v) is 22.9. The Balaban J connectivity index is 1.45. The minimum absolute atomic E-state index is 0.0532. The molecule has 4 rings (SSSR count). The van der Waals surface area contributed by atoms with E-state index in [-0.39, 0.29) is 52.2 Å². The summed E-state index contributed by atoms with van der Waals surface area (Å²) in [5.74, 6) is -3.45. The first-order valence-electron chi connectivity index (χ1n) is 11.4. The molecule has 2 aromatic rings. The van der Waals surface area contributed by atoms with Crippen molar-refractivity contribution >= 4 is 75.3 Å². The molecule has 18 heteroatoms. The number of hydrogen-bond donors (Lipinski definition) is 4. The molecule has 0 spiro atoms. The number of thioether (sulfide) groups is 2. The van der Waals surface area contributed by atoms with Gasteiger partial charge in [-0.2, -0.15) is 0 Å². The molecular weight excluding hydrogens is 572 g/mol. The van der Waals surface area contributed by atoms with Gasteiger partial charge in [-0.25, -0.2) is 14.3 Å². The number of carboxylic acid groups (broad SMARTS) is 2. The molecule has 0 bridgehead atoms. The number of nitrogens with one attached hydrogen (secondary N) is 1. The van der Waals surface area contributed by atoms with Crippen molar-refractivity contribution in [3.05, 3.63) is 23.3 Å². The summed E-state index contributed by atoms with van der Waals surface area (Å²) in [6.45, 7) is 1.35. The van der Waals surface area contributed by atoms with Gasteiger partial charge in [-0.15, -0.1) is 23.1 Å². The molecule has 2 aliphatic heterocycles. The van der Waals surface area contributed by atoms with Crippen LogP contribution in [0.5, 0.6) is 0 Å². The maximum Gasteiger partial charge on any atom is 0.362 e. The van der Waals surface area contributed by atoms with Crippen LogP contribution in [0, 0.1) is 5.41 Å². The number of aromatic nitrogens is 3. The summed E-state index contributed by atoms with van der Waals surface area (Å²) in [6, 6.07) is 0.523. The number of nitrogens with zero attached hydrogens (tertiary/aromatic N) is 5. The Morgan fingerprint density at radius 1 is 1.41 bits per heavy atom. The molecule has 6 N–H and O–H groups in total. The zero-order chi connectivity index (χ0) is 28.3. The first-order chi connectivity index (χ1) is 18.5. The van der Waals surface area contributed by atoms with Crippen molar-refractivity contribution in [3.63, 3.8) is 0 Å². The maximum atomic E-state index is 13.0. The van der Waals surface area contributed by atoms with E-state index in [1.165, 1.54) is 38.9 Å². The highest BCUT2D eigenvalue weighted by molar-refractivity contribution is 8.00. The van der Waals surface area contributed by atoms with Crippen LogP contribution in [0.4, 0.5) is 10.9 Å². The molecule has 2 unspecified atom stereocenters. The molecule has 0 saturated carbocycles. The molecule has 2 aromatic heterocycles. The van der Waals surface area contributed by atoms with Crippen LogP contribution in [0.25, 0.3) is 0 Å². The van der Waals surface area contributed by atoms with E-state index in [0.29, 0.717) is 0 Å². The Hall–Kier alpha value is -3.64. The third-order valence-corrected chi connectivity index (χ3v) is 9.35. The molecule has 39 heavy (non-hydrogen) atoms. The van der Waals surface area contributed by atoms with Crippen LogP contribution < -0.4 is 26.5 Å². The Morgan fingerprint density at radius 2 is 2.18 bits per heavy atom. The van der Waals surface area contributed by atoms with Crippen molar-refractivity contribution in [2.75, 3.05) is 36.1 Å². The van der Waals surface area contributed by atoms with Crippen LogP contribution in [0.3, 0.4) is 0 Å². The van der Waals surface area contributed by atoms with Crippen molar-refractivity contribution in [2.45, 2.75) is 30.0 Å². The van der Waals surface area contributed by atoms with Gasteiger partial charge in [0.2, 0.25) is 11.7 Å². The first kappa shape index (κ1) is 28.4. The smallest absolute Gasteiger partial charge is 0.362 e. The fourth-order valence-corrected chi connectivity index (χ4v) is 7.25. The summed E-state index contributed by atoms with van der Waals surface area (Å²) in [5, 5.41) is 29.4. The lowest BCUT2D eigenvalue weighted by Crippen LogP contribution is -2.75. The molecule has 2 saturated heterocycles. The van der Waals surface area contributed by atoms with Crippen molar-refractivity contribution in [2.24, 2.45) is 10.6 Å². The van der Waals surface area contributed by atoms with Crippen LogP contribution in [-0.4, -0.2) is 85.5 Å². The molecular formula is C21H24N8O7S3. The molecule has 4 heterocycles. The fourth-order valence-electron chi connectivity index (χ4n) is 3.86. The van der Waals surface area contributed by atoms with Crippen molar-refractivity contribution in [3.8, 4) is 0 Å². The zero-order valence-electron chi connectivity index (χ0n) is 20.4. The van der Waals surface area contributed by atoms with E-state index in [4.69, 9.17) is 21.4 Å². The SMILES string of the molecule is CCON=C(C(=O)NC1C(=O)N2CC(CSc3nc(N)cc[n+]3CC(=O)O)(C(=O)[O-])CS[C@H]12)c1csc(N)n1. The number of rotatable bonds is 11. The molecule has 0 radical (unpaired) electrons. The number of amides is 2. The van der Waals surface area contributed by atoms with Gasteiger partial charge in [0, 0.05) is 34.9 Å². The van der Waals surface area contributed by atoms with Crippen molar-refractivity contribution < 1.29 is 38.8 Å². The summed E-state index contributed by atoms with van der Waals surface area (Å²) in [6.07, 6.45) is 1.45. The number of nitrogens with two attached hydrogens (primary N) is 2. The molecule has 208 valence electrons. The second kappa shape index (κ2) is 11.6. The van der Waals surface area contributed by atoms with Gasteiger partial charge in [0.05, 0.1) is 12.2 Å². The Bertz CT molecular complexity index is 1340. The highest BCUT2D eigenvalue weighted by Gasteiger charge is 2.56. The number of carboxylic acids is 2. The van der Waals surface area contributed by atoms with Gasteiger partial charge in [0.15, 0.2) is 17.4 Å². The predicted octanol–water partition coefficient (Wildman–Crippen LogP) is -2.26. The molecule has 15 nitrogen and oxygen atoms in total. The standard InChI is InChI=1S/C21H24N8O7S3/c1-2-36-27-13(10-6-37-19(23)24-10)15(32)26-14-16(33)29-7-21(18(34)35,8-38-17(14)29)9-39-20-25-11(22)3-4-28(20)5-12(30)31/h3-4,6,14,17,22H,2,5,7-9H2,1H3,(H5,23,24,26,30,31,32,34,35)/t14?,17-,21?/m1/s1. The second-order valence-electron chi connectivity index (χ2n) is 8.56. The van der Waals surface area contributed by atoms with Gasteiger partial charge in [-0.05, 0) is 23.7 Å². The molecule has 2 amide bonds. The first-order valence-corrected chi connectivity index (χ1v) is 14.3.